The Bertz CT molecular complexity index is 178. The summed E-state index contributed by atoms with van der Waals surface area (Å²) in [6.45, 7) is 2.10. The second kappa shape index (κ2) is 6.38. The van der Waals surface area contributed by atoms with Crippen LogP contribution in [0.15, 0.2) is 12.2 Å². The summed E-state index contributed by atoms with van der Waals surface area (Å²) < 4.78 is 11.0. The molecular weight excluding hydrogens is 192 g/mol. The fraction of sp³-hybridized carbons (Fsp3) is 0.818. The van der Waals surface area contributed by atoms with Crippen molar-refractivity contribution in [2.24, 2.45) is 5.92 Å². The predicted octanol–water partition coefficient (Wildman–Crippen LogP) is 2.64. The maximum absolute atomic E-state index is 5.50. The zero-order valence-electron chi connectivity index (χ0n) is 9.53. The zero-order valence-corrected chi connectivity index (χ0v) is 10.7. The van der Waals surface area contributed by atoms with Gasteiger partial charge in [-0.3, -0.25) is 0 Å². The fourth-order valence-electron chi connectivity index (χ4n) is 2.46. The average Bonchev–Trinajstić information content (AvgIpc) is 2.23. The van der Waals surface area contributed by atoms with Crippen molar-refractivity contribution in [3.8, 4) is 0 Å². The maximum atomic E-state index is 5.50. The summed E-state index contributed by atoms with van der Waals surface area (Å²) in [6.07, 6.45) is 9.80. The summed E-state index contributed by atoms with van der Waals surface area (Å²) in [5, 5.41) is 0. The highest BCUT2D eigenvalue weighted by molar-refractivity contribution is 6.46. The SMILES string of the molecule is CC=CC1CCCCC1[SiH](OC)OC. The van der Waals surface area contributed by atoms with Crippen molar-refractivity contribution in [1.29, 1.82) is 0 Å². The van der Waals surface area contributed by atoms with Crippen molar-refractivity contribution < 1.29 is 8.85 Å². The van der Waals surface area contributed by atoms with E-state index in [-0.39, 0.29) is 0 Å². The van der Waals surface area contributed by atoms with E-state index in [0.29, 0.717) is 11.5 Å². The number of hydrogen-bond acceptors (Lipinski definition) is 2. The molecule has 1 aliphatic rings. The summed E-state index contributed by atoms with van der Waals surface area (Å²) in [5.41, 5.74) is 0.676. The van der Waals surface area contributed by atoms with Crippen LogP contribution >= 0.6 is 0 Å². The van der Waals surface area contributed by atoms with Crippen molar-refractivity contribution in [3.05, 3.63) is 12.2 Å². The van der Waals surface area contributed by atoms with Crippen molar-refractivity contribution in [2.75, 3.05) is 14.2 Å². The molecule has 1 rings (SSSR count). The van der Waals surface area contributed by atoms with E-state index >= 15 is 0 Å². The van der Waals surface area contributed by atoms with Gasteiger partial charge in [0.1, 0.15) is 0 Å². The Balaban J connectivity index is 2.60. The van der Waals surface area contributed by atoms with Gasteiger partial charge in [-0.2, -0.15) is 0 Å². The summed E-state index contributed by atoms with van der Waals surface area (Å²) in [7, 11) is 2.17. The molecule has 1 fully saturated rings. The van der Waals surface area contributed by atoms with Gasteiger partial charge in [0.15, 0.2) is 0 Å². The van der Waals surface area contributed by atoms with Gasteiger partial charge in [-0.1, -0.05) is 25.0 Å². The largest absolute Gasteiger partial charge is 0.400 e. The molecule has 0 bridgehead atoms. The standard InChI is InChI=1S/C11H22O2Si/c1-4-7-10-8-5-6-9-11(10)14(12-2)13-3/h4,7,10-11,14H,5-6,8-9H2,1-3H3. The summed E-state index contributed by atoms with van der Waals surface area (Å²) >= 11 is 0. The molecule has 0 heterocycles. The van der Waals surface area contributed by atoms with E-state index in [4.69, 9.17) is 8.85 Å². The molecule has 2 unspecified atom stereocenters. The van der Waals surface area contributed by atoms with Gasteiger partial charge in [-0.15, -0.1) is 0 Å². The van der Waals surface area contributed by atoms with E-state index in [2.05, 4.69) is 19.1 Å². The van der Waals surface area contributed by atoms with Gasteiger partial charge in [-0.05, 0) is 25.7 Å². The van der Waals surface area contributed by atoms with E-state index in [1.54, 1.807) is 14.2 Å². The Morgan fingerprint density at radius 1 is 1.14 bits per heavy atom. The molecule has 2 nitrogen and oxygen atoms in total. The van der Waals surface area contributed by atoms with Crippen molar-refractivity contribution in [3.63, 3.8) is 0 Å². The molecule has 0 radical (unpaired) electrons. The highest BCUT2D eigenvalue weighted by Crippen LogP contribution is 2.37. The Labute approximate surface area is 89.1 Å². The van der Waals surface area contributed by atoms with E-state index in [9.17, 15) is 0 Å². The Morgan fingerprint density at radius 2 is 1.79 bits per heavy atom. The monoisotopic (exact) mass is 214 g/mol. The Hall–Kier alpha value is -0.123. The minimum absolute atomic E-state index is 0.676. The Morgan fingerprint density at radius 3 is 2.36 bits per heavy atom. The van der Waals surface area contributed by atoms with Gasteiger partial charge < -0.3 is 8.85 Å². The van der Waals surface area contributed by atoms with Crippen LogP contribution in [0.3, 0.4) is 0 Å². The lowest BCUT2D eigenvalue weighted by Gasteiger charge is -2.32. The van der Waals surface area contributed by atoms with Crippen LogP contribution in [0.2, 0.25) is 5.54 Å². The van der Waals surface area contributed by atoms with E-state index in [0.717, 1.165) is 0 Å². The van der Waals surface area contributed by atoms with Gasteiger partial charge >= 0.3 is 9.28 Å². The molecule has 0 aromatic carbocycles. The van der Waals surface area contributed by atoms with E-state index in [1.807, 2.05) is 0 Å². The van der Waals surface area contributed by atoms with Crippen LogP contribution in [0.25, 0.3) is 0 Å². The normalized spacial score (nSPS) is 28.9. The summed E-state index contributed by atoms with van der Waals surface area (Å²) in [4.78, 5) is 0. The van der Waals surface area contributed by atoms with Gasteiger partial charge in [0.2, 0.25) is 0 Å². The lowest BCUT2D eigenvalue weighted by atomic mass is 9.88. The first kappa shape index (κ1) is 11.9. The van der Waals surface area contributed by atoms with E-state index < -0.39 is 9.28 Å². The first-order valence-electron chi connectivity index (χ1n) is 5.52. The molecule has 0 N–H and O–H groups in total. The van der Waals surface area contributed by atoms with E-state index in [1.165, 1.54) is 25.7 Å². The van der Waals surface area contributed by atoms with Crippen LogP contribution in [0.5, 0.6) is 0 Å². The highest BCUT2D eigenvalue weighted by atomic mass is 28.3. The Kier molecular flexibility index (Phi) is 5.44. The summed E-state index contributed by atoms with van der Waals surface area (Å²) in [5.74, 6) is 0.699. The molecule has 0 aliphatic heterocycles. The topological polar surface area (TPSA) is 18.5 Å². The van der Waals surface area contributed by atoms with Gasteiger partial charge in [-0.25, -0.2) is 0 Å². The molecule has 0 saturated heterocycles. The molecule has 82 valence electrons. The predicted molar refractivity (Wildman–Crippen MR) is 61.7 cm³/mol. The van der Waals surface area contributed by atoms with Gasteiger partial charge in [0, 0.05) is 19.8 Å². The minimum atomic E-state index is -1.41. The first-order valence-corrected chi connectivity index (χ1v) is 7.12. The van der Waals surface area contributed by atoms with Crippen molar-refractivity contribution in [2.45, 2.75) is 38.1 Å². The third-order valence-electron chi connectivity index (χ3n) is 3.13. The first-order chi connectivity index (χ1) is 6.83. The van der Waals surface area contributed by atoms with Crippen LogP contribution in [-0.4, -0.2) is 23.5 Å². The molecule has 0 aromatic heterocycles. The van der Waals surface area contributed by atoms with Gasteiger partial charge in [0.05, 0.1) is 0 Å². The van der Waals surface area contributed by atoms with Crippen LogP contribution in [0.1, 0.15) is 32.6 Å². The molecule has 2 atom stereocenters. The van der Waals surface area contributed by atoms with Crippen molar-refractivity contribution in [1.82, 2.24) is 0 Å². The van der Waals surface area contributed by atoms with Crippen LogP contribution in [0.4, 0.5) is 0 Å². The lowest BCUT2D eigenvalue weighted by molar-refractivity contribution is 0.239. The summed E-state index contributed by atoms with van der Waals surface area (Å²) in [6, 6.07) is 0. The quantitative estimate of drug-likeness (QED) is 0.529. The molecule has 3 heteroatoms. The van der Waals surface area contributed by atoms with Crippen LogP contribution < -0.4 is 0 Å². The maximum Gasteiger partial charge on any atom is 0.324 e. The van der Waals surface area contributed by atoms with Crippen LogP contribution in [-0.2, 0) is 8.85 Å². The average molecular weight is 214 g/mol. The smallest absolute Gasteiger partial charge is 0.324 e. The molecule has 1 saturated carbocycles. The third kappa shape index (κ3) is 2.94. The van der Waals surface area contributed by atoms with Gasteiger partial charge in [0.25, 0.3) is 0 Å². The third-order valence-corrected chi connectivity index (χ3v) is 5.58. The number of allylic oxidation sites excluding steroid dienone is 2. The molecular formula is C11H22O2Si. The second-order valence-electron chi connectivity index (χ2n) is 3.98. The number of rotatable bonds is 4. The highest BCUT2D eigenvalue weighted by Gasteiger charge is 2.32. The molecule has 0 spiro atoms. The zero-order chi connectivity index (χ0) is 10.4. The van der Waals surface area contributed by atoms with Crippen LogP contribution in [0, 0.1) is 5.92 Å². The molecule has 1 aliphatic carbocycles. The number of hydrogen-bond donors (Lipinski definition) is 0. The molecule has 0 amide bonds. The molecule has 0 aromatic rings. The molecule has 14 heavy (non-hydrogen) atoms. The fourth-order valence-corrected chi connectivity index (χ4v) is 4.58. The lowest BCUT2D eigenvalue weighted by Crippen LogP contribution is -2.32. The van der Waals surface area contributed by atoms with Crippen molar-refractivity contribution >= 4 is 9.28 Å². The minimum Gasteiger partial charge on any atom is -0.400 e. The second-order valence-corrected chi connectivity index (χ2v) is 6.51.